The van der Waals surface area contributed by atoms with Crippen molar-refractivity contribution in [3.8, 4) is 0 Å². The molecule has 0 unspecified atom stereocenters. The van der Waals surface area contributed by atoms with Crippen molar-refractivity contribution >= 4 is 29.3 Å². The summed E-state index contributed by atoms with van der Waals surface area (Å²) in [6.45, 7) is 13.2. The Kier molecular flexibility index (Phi) is 7.22. The van der Waals surface area contributed by atoms with E-state index in [1.165, 1.54) is 12.3 Å². The van der Waals surface area contributed by atoms with E-state index in [0.29, 0.717) is 31.0 Å². The highest BCUT2D eigenvalue weighted by Crippen LogP contribution is 2.41. The Balaban J connectivity index is 1.78. The molecule has 2 amide bonds. The van der Waals surface area contributed by atoms with Crippen LogP contribution in [0.25, 0.3) is 0 Å². The molecule has 0 saturated carbocycles. The topological polar surface area (TPSA) is 66.0 Å². The highest BCUT2D eigenvalue weighted by atomic mass is 35.5. The smallest absolute Gasteiger partial charge is 0.410 e. The van der Waals surface area contributed by atoms with Gasteiger partial charge >= 0.3 is 6.09 Å². The van der Waals surface area contributed by atoms with Gasteiger partial charge < -0.3 is 14.5 Å². The SMILES string of the molecule is C[C@@H]1CN(CC(=O)N2CC(C)(C)c3ncc(C(C)(F)F)cc32)[C@@H](CCl)CN1C(=O)OC(C)(C)C. The van der Waals surface area contributed by atoms with E-state index < -0.39 is 23.0 Å². The van der Waals surface area contributed by atoms with Crippen molar-refractivity contribution in [1.82, 2.24) is 14.8 Å². The largest absolute Gasteiger partial charge is 0.444 e. The number of aromatic nitrogens is 1. The molecule has 190 valence electrons. The molecule has 3 heterocycles. The van der Waals surface area contributed by atoms with Crippen LogP contribution in [-0.4, -0.2) is 76.5 Å². The number of fused-ring (bicyclic) bond motifs is 1. The zero-order valence-electron chi connectivity index (χ0n) is 21.0. The number of ether oxygens (including phenoxy) is 1. The molecule has 0 aromatic carbocycles. The summed E-state index contributed by atoms with van der Waals surface area (Å²) in [5.74, 6) is -3.03. The molecule has 0 spiro atoms. The molecular weight excluding hydrogens is 466 g/mol. The first-order chi connectivity index (χ1) is 15.5. The molecule has 2 aliphatic rings. The van der Waals surface area contributed by atoms with Gasteiger partial charge in [0.15, 0.2) is 0 Å². The summed E-state index contributed by atoms with van der Waals surface area (Å²) >= 11 is 6.23. The number of hydrogen-bond acceptors (Lipinski definition) is 5. The predicted molar refractivity (Wildman–Crippen MR) is 128 cm³/mol. The molecule has 0 bridgehead atoms. The van der Waals surface area contributed by atoms with Crippen LogP contribution >= 0.6 is 11.6 Å². The lowest BCUT2D eigenvalue weighted by Gasteiger charge is -2.44. The summed E-state index contributed by atoms with van der Waals surface area (Å²) in [4.78, 5) is 35.5. The first-order valence-electron chi connectivity index (χ1n) is 11.5. The number of carbonyl (C=O) groups is 2. The van der Waals surface area contributed by atoms with E-state index in [9.17, 15) is 18.4 Å². The molecule has 0 N–H and O–H groups in total. The van der Waals surface area contributed by atoms with E-state index in [1.54, 1.807) is 9.80 Å². The molecular formula is C24H35ClF2N4O3. The van der Waals surface area contributed by atoms with Crippen LogP contribution in [0.2, 0.25) is 0 Å². The first kappa shape index (κ1) is 26.6. The summed E-state index contributed by atoms with van der Waals surface area (Å²) < 4.78 is 33.4. The Labute approximate surface area is 205 Å². The van der Waals surface area contributed by atoms with Gasteiger partial charge in [-0.25, -0.2) is 13.6 Å². The minimum Gasteiger partial charge on any atom is -0.444 e. The molecule has 1 fully saturated rings. The average molecular weight is 501 g/mol. The van der Waals surface area contributed by atoms with Crippen LogP contribution in [0.3, 0.4) is 0 Å². The number of anilines is 1. The third-order valence-corrected chi connectivity index (χ3v) is 6.62. The summed E-state index contributed by atoms with van der Waals surface area (Å²) in [5, 5.41) is 0. The standard InChI is InChI=1S/C24H35ClF2N4O3/c1-15-11-29(17(9-25)12-30(15)21(33)34-22(2,3)4)13-19(32)31-14-23(5,6)20-18(31)8-16(10-28-20)24(7,26)27/h8,10,15,17H,9,11-14H2,1-7H3/t15-,17+/m1/s1. The second kappa shape index (κ2) is 9.22. The molecule has 34 heavy (non-hydrogen) atoms. The van der Waals surface area contributed by atoms with Gasteiger partial charge in [0.1, 0.15) is 5.60 Å². The van der Waals surface area contributed by atoms with Gasteiger partial charge in [-0.2, -0.15) is 0 Å². The zero-order chi connectivity index (χ0) is 25.6. The third kappa shape index (κ3) is 5.62. The van der Waals surface area contributed by atoms with Crippen molar-refractivity contribution in [2.24, 2.45) is 0 Å². The first-order valence-corrected chi connectivity index (χ1v) is 12.1. The normalized spacial score (nSPS) is 23.1. The van der Waals surface area contributed by atoms with Crippen molar-refractivity contribution in [3.05, 3.63) is 23.5 Å². The minimum absolute atomic E-state index is 0.0617. The minimum atomic E-state index is -3.05. The van der Waals surface area contributed by atoms with Crippen molar-refractivity contribution < 1.29 is 23.1 Å². The third-order valence-electron chi connectivity index (χ3n) is 6.26. The number of rotatable bonds is 4. The van der Waals surface area contributed by atoms with Crippen LogP contribution in [0.5, 0.6) is 0 Å². The molecule has 1 aromatic heterocycles. The number of hydrogen-bond donors (Lipinski definition) is 0. The summed E-state index contributed by atoms with van der Waals surface area (Å²) in [6, 6.07) is 0.946. The number of piperazine rings is 1. The van der Waals surface area contributed by atoms with Gasteiger partial charge in [-0.05, 0) is 33.8 Å². The van der Waals surface area contributed by atoms with Gasteiger partial charge in [0.05, 0.1) is 17.9 Å². The van der Waals surface area contributed by atoms with Crippen molar-refractivity contribution in [2.75, 3.05) is 37.0 Å². The maximum Gasteiger partial charge on any atom is 0.410 e. The van der Waals surface area contributed by atoms with Crippen LogP contribution in [0.15, 0.2) is 12.3 Å². The number of halogens is 3. The molecule has 0 radical (unpaired) electrons. The fraction of sp³-hybridized carbons (Fsp3) is 0.708. The molecule has 2 atom stereocenters. The quantitative estimate of drug-likeness (QED) is 0.574. The molecule has 1 aromatic rings. The monoisotopic (exact) mass is 500 g/mol. The summed E-state index contributed by atoms with van der Waals surface area (Å²) in [5.41, 5.74) is -0.234. The Hall–Kier alpha value is -2.00. The Morgan fingerprint density at radius 3 is 2.44 bits per heavy atom. The van der Waals surface area contributed by atoms with E-state index in [4.69, 9.17) is 16.3 Å². The molecule has 10 heteroatoms. The number of amides is 2. The van der Waals surface area contributed by atoms with Gasteiger partial charge in [0, 0.05) is 61.7 Å². The second-order valence-corrected chi connectivity index (χ2v) is 11.4. The van der Waals surface area contributed by atoms with Gasteiger partial charge in [0.2, 0.25) is 5.91 Å². The van der Waals surface area contributed by atoms with E-state index in [1.807, 2.05) is 46.4 Å². The van der Waals surface area contributed by atoms with Crippen LogP contribution in [0.4, 0.5) is 19.3 Å². The molecule has 7 nitrogen and oxygen atoms in total. The molecule has 0 aliphatic carbocycles. The highest BCUT2D eigenvalue weighted by molar-refractivity contribution is 6.18. The molecule has 1 saturated heterocycles. The Morgan fingerprint density at radius 1 is 1.24 bits per heavy atom. The molecule has 3 rings (SSSR count). The van der Waals surface area contributed by atoms with Gasteiger partial charge in [0.25, 0.3) is 5.92 Å². The van der Waals surface area contributed by atoms with Crippen molar-refractivity contribution in [2.45, 2.75) is 77.5 Å². The van der Waals surface area contributed by atoms with E-state index in [2.05, 4.69) is 4.98 Å². The van der Waals surface area contributed by atoms with E-state index in [-0.39, 0.29) is 36.0 Å². The lowest BCUT2D eigenvalue weighted by molar-refractivity contribution is -0.121. The van der Waals surface area contributed by atoms with E-state index in [0.717, 1.165) is 6.92 Å². The van der Waals surface area contributed by atoms with E-state index >= 15 is 0 Å². The van der Waals surface area contributed by atoms with Crippen molar-refractivity contribution in [1.29, 1.82) is 0 Å². The lowest BCUT2D eigenvalue weighted by atomic mass is 9.91. The fourth-order valence-electron chi connectivity index (χ4n) is 4.48. The second-order valence-electron chi connectivity index (χ2n) is 11.1. The maximum atomic E-state index is 14.0. The fourth-order valence-corrected chi connectivity index (χ4v) is 4.77. The summed E-state index contributed by atoms with van der Waals surface area (Å²) in [7, 11) is 0. The summed E-state index contributed by atoms with van der Waals surface area (Å²) in [6.07, 6.45) is 0.783. The maximum absolute atomic E-state index is 14.0. The van der Waals surface area contributed by atoms with Crippen LogP contribution in [-0.2, 0) is 20.9 Å². The van der Waals surface area contributed by atoms with Crippen LogP contribution < -0.4 is 4.90 Å². The van der Waals surface area contributed by atoms with Crippen LogP contribution in [0, 0.1) is 0 Å². The van der Waals surface area contributed by atoms with Gasteiger partial charge in [-0.3, -0.25) is 14.7 Å². The van der Waals surface area contributed by atoms with Gasteiger partial charge in [-0.1, -0.05) is 13.8 Å². The average Bonchev–Trinajstić information content (AvgIpc) is 2.97. The molecule has 2 aliphatic heterocycles. The number of carbonyl (C=O) groups excluding carboxylic acids is 2. The van der Waals surface area contributed by atoms with Crippen molar-refractivity contribution in [3.63, 3.8) is 0 Å². The number of pyridine rings is 1. The highest BCUT2D eigenvalue weighted by Gasteiger charge is 2.43. The van der Waals surface area contributed by atoms with Gasteiger partial charge in [-0.15, -0.1) is 11.6 Å². The Morgan fingerprint density at radius 2 is 1.88 bits per heavy atom. The number of alkyl halides is 3. The van der Waals surface area contributed by atoms with Crippen LogP contribution in [0.1, 0.15) is 59.7 Å². The zero-order valence-corrected chi connectivity index (χ0v) is 21.7. The Bertz CT molecular complexity index is 945. The number of nitrogens with zero attached hydrogens (tertiary/aromatic N) is 4. The predicted octanol–water partition coefficient (Wildman–Crippen LogP) is 4.37. The lowest BCUT2D eigenvalue weighted by Crippen LogP contribution is -2.61.